The maximum absolute atomic E-state index is 11.0. The Balaban J connectivity index is 1.83. The lowest BCUT2D eigenvalue weighted by atomic mass is 10.1. The van der Waals surface area contributed by atoms with E-state index in [9.17, 15) is 4.79 Å². The molecule has 122 valence electrons. The molecule has 2 aromatic rings. The Kier molecular flexibility index (Phi) is 4.49. The second kappa shape index (κ2) is 6.55. The van der Waals surface area contributed by atoms with Gasteiger partial charge in [0.2, 0.25) is 5.82 Å². The lowest BCUT2D eigenvalue weighted by Gasteiger charge is -2.24. The van der Waals surface area contributed by atoms with Crippen LogP contribution in [0.1, 0.15) is 17.1 Å². The van der Waals surface area contributed by atoms with Gasteiger partial charge < -0.3 is 20.1 Å². The number of likely N-dealkylation sites (N-methyl/N-ethyl adjacent to an activating group) is 1. The average molecular weight is 336 g/mol. The van der Waals surface area contributed by atoms with Crippen molar-refractivity contribution in [1.82, 2.24) is 15.0 Å². The van der Waals surface area contributed by atoms with Crippen molar-refractivity contribution in [2.45, 2.75) is 6.42 Å². The molecule has 0 saturated carbocycles. The van der Waals surface area contributed by atoms with Gasteiger partial charge in [-0.25, -0.2) is 0 Å². The van der Waals surface area contributed by atoms with Crippen LogP contribution in [-0.4, -0.2) is 54.2 Å². The van der Waals surface area contributed by atoms with E-state index < -0.39 is 5.91 Å². The maximum Gasteiger partial charge on any atom is 0.316 e. The summed E-state index contributed by atoms with van der Waals surface area (Å²) in [5.74, 6) is -0.668. The van der Waals surface area contributed by atoms with Crippen LogP contribution >= 0.6 is 11.6 Å². The Hall–Kier alpha value is -2.12. The molecule has 1 aliphatic rings. The van der Waals surface area contributed by atoms with Gasteiger partial charge in [0.15, 0.2) is 0 Å². The minimum absolute atomic E-state index is 0.212. The number of halogens is 1. The molecule has 1 aromatic carbocycles. The topological polar surface area (TPSA) is 88.5 Å². The highest BCUT2D eigenvalue weighted by Gasteiger charge is 2.17. The third-order valence-corrected chi connectivity index (χ3v) is 4.21. The van der Waals surface area contributed by atoms with Crippen molar-refractivity contribution in [2.24, 2.45) is 5.73 Å². The minimum atomic E-state index is -0.750. The first-order valence-electron chi connectivity index (χ1n) is 7.41. The predicted molar refractivity (Wildman–Crippen MR) is 87.6 cm³/mol. The molecule has 1 aromatic heterocycles. The molecule has 1 aliphatic heterocycles. The highest BCUT2D eigenvalue weighted by atomic mass is 35.5. The van der Waals surface area contributed by atoms with E-state index in [1.807, 2.05) is 12.1 Å². The lowest BCUT2D eigenvalue weighted by Crippen LogP contribution is -2.28. The van der Waals surface area contributed by atoms with Gasteiger partial charge in [-0.1, -0.05) is 16.8 Å². The third-order valence-electron chi connectivity index (χ3n) is 3.90. The molecule has 0 bridgehead atoms. The van der Waals surface area contributed by atoms with Crippen molar-refractivity contribution in [3.05, 3.63) is 29.1 Å². The average Bonchev–Trinajstić information content (AvgIpc) is 2.92. The Morgan fingerprint density at radius 2 is 2.13 bits per heavy atom. The number of nitrogens with two attached hydrogens (primary N) is 1. The monoisotopic (exact) mass is 335 g/mol. The van der Waals surface area contributed by atoms with Gasteiger partial charge in [0.25, 0.3) is 0 Å². The SMILES string of the molecule is CN1CCCN(c2ccc(-c3noc(C(N)=O)n3)cc2Cl)CC1. The first-order chi connectivity index (χ1) is 11.0. The van der Waals surface area contributed by atoms with Crippen LogP contribution in [0.15, 0.2) is 22.7 Å². The summed E-state index contributed by atoms with van der Waals surface area (Å²) < 4.78 is 4.80. The number of nitrogens with zero attached hydrogens (tertiary/aromatic N) is 4. The first kappa shape index (κ1) is 15.8. The van der Waals surface area contributed by atoms with E-state index in [1.165, 1.54) is 0 Å². The Morgan fingerprint density at radius 3 is 2.83 bits per heavy atom. The molecule has 7 nitrogen and oxygen atoms in total. The van der Waals surface area contributed by atoms with Gasteiger partial charge in [-0.2, -0.15) is 4.98 Å². The van der Waals surface area contributed by atoms with Gasteiger partial charge in [0.1, 0.15) is 0 Å². The van der Waals surface area contributed by atoms with Crippen molar-refractivity contribution >= 4 is 23.2 Å². The number of carbonyl (C=O) groups is 1. The van der Waals surface area contributed by atoms with E-state index >= 15 is 0 Å². The molecule has 1 saturated heterocycles. The molecule has 3 rings (SSSR count). The third kappa shape index (κ3) is 3.46. The molecule has 23 heavy (non-hydrogen) atoms. The number of benzene rings is 1. The second-order valence-electron chi connectivity index (χ2n) is 5.60. The molecule has 2 N–H and O–H groups in total. The zero-order valence-corrected chi connectivity index (χ0v) is 13.6. The van der Waals surface area contributed by atoms with E-state index in [1.54, 1.807) is 6.07 Å². The smallest absolute Gasteiger partial charge is 0.316 e. The Morgan fingerprint density at radius 1 is 1.30 bits per heavy atom. The molecule has 0 radical (unpaired) electrons. The van der Waals surface area contributed by atoms with Gasteiger partial charge in [0, 0.05) is 25.2 Å². The van der Waals surface area contributed by atoms with Crippen molar-refractivity contribution in [3.63, 3.8) is 0 Å². The van der Waals surface area contributed by atoms with E-state index in [4.69, 9.17) is 21.9 Å². The summed E-state index contributed by atoms with van der Waals surface area (Å²) in [5.41, 5.74) is 6.78. The van der Waals surface area contributed by atoms with Crippen LogP contribution in [0.2, 0.25) is 5.02 Å². The van der Waals surface area contributed by atoms with Crippen molar-refractivity contribution < 1.29 is 9.32 Å². The van der Waals surface area contributed by atoms with Crippen molar-refractivity contribution in [1.29, 1.82) is 0 Å². The molecule has 2 heterocycles. The van der Waals surface area contributed by atoms with E-state index in [0.29, 0.717) is 16.4 Å². The van der Waals surface area contributed by atoms with E-state index in [2.05, 4.69) is 27.0 Å². The van der Waals surface area contributed by atoms with E-state index in [0.717, 1.165) is 38.3 Å². The lowest BCUT2D eigenvalue weighted by molar-refractivity contribution is 0.0958. The molecule has 0 spiro atoms. The fraction of sp³-hybridized carbons (Fsp3) is 0.400. The van der Waals surface area contributed by atoms with Crippen LogP contribution in [0, 0.1) is 0 Å². The summed E-state index contributed by atoms with van der Waals surface area (Å²) in [4.78, 5) is 19.6. The van der Waals surface area contributed by atoms with Crippen LogP contribution in [0.3, 0.4) is 0 Å². The summed E-state index contributed by atoms with van der Waals surface area (Å²) in [7, 11) is 2.13. The maximum atomic E-state index is 11.0. The summed E-state index contributed by atoms with van der Waals surface area (Å²) >= 11 is 6.44. The normalized spacial score (nSPS) is 16.3. The second-order valence-corrected chi connectivity index (χ2v) is 6.00. The van der Waals surface area contributed by atoms with Gasteiger partial charge in [0.05, 0.1) is 10.7 Å². The number of hydrogen-bond donors (Lipinski definition) is 1. The first-order valence-corrected chi connectivity index (χ1v) is 7.79. The van der Waals surface area contributed by atoms with E-state index in [-0.39, 0.29) is 5.89 Å². The van der Waals surface area contributed by atoms with Gasteiger partial charge in [-0.3, -0.25) is 4.79 Å². The molecular weight excluding hydrogens is 318 g/mol. The highest BCUT2D eigenvalue weighted by molar-refractivity contribution is 6.33. The molecule has 0 unspecified atom stereocenters. The summed E-state index contributed by atoms with van der Waals surface area (Å²) in [6.45, 7) is 4.00. The standard InChI is InChI=1S/C15H18ClN5O2/c1-20-5-2-6-21(8-7-20)12-4-3-10(9-11(12)16)14-18-15(13(17)22)23-19-14/h3-4,9H,2,5-8H2,1H3,(H2,17,22). The minimum Gasteiger partial charge on any atom is -0.369 e. The largest absolute Gasteiger partial charge is 0.369 e. The predicted octanol–water partition coefficient (Wildman–Crippen LogP) is 1.63. The highest BCUT2D eigenvalue weighted by Crippen LogP contribution is 2.30. The van der Waals surface area contributed by atoms with Crippen molar-refractivity contribution in [3.8, 4) is 11.4 Å². The molecule has 1 amide bonds. The zero-order valence-electron chi connectivity index (χ0n) is 12.8. The number of amides is 1. The number of rotatable bonds is 3. The molecule has 0 aliphatic carbocycles. The quantitative estimate of drug-likeness (QED) is 0.917. The van der Waals surface area contributed by atoms with Gasteiger partial charge in [-0.15, -0.1) is 0 Å². The van der Waals surface area contributed by atoms with Crippen molar-refractivity contribution in [2.75, 3.05) is 38.1 Å². The number of aromatic nitrogens is 2. The summed E-state index contributed by atoms with van der Waals surface area (Å²) in [6, 6.07) is 5.59. The van der Waals surface area contributed by atoms with Gasteiger partial charge >= 0.3 is 11.8 Å². The van der Waals surface area contributed by atoms with Crippen LogP contribution in [0.25, 0.3) is 11.4 Å². The molecule has 1 fully saturated rings. The number of hydrogen-bond acceptors (Lipinski definition) is 6. The fourth-order valence-electron chi connectivity index (χ4n) is 2.63. The summed E-state index contributed by atoms with van der Waals surface area (Å²) in [6.07, 6.45) is 1.10. The molecule has 0 atom stereocenters. The van der Waals surface area contributed by atoms with Crippen LogP contribution < -0.4 is 10.6 Å². The Bertz CT molecular complexity index is 718. The Labute approximate surface area is 139 Å². The number of carbonyl (C=O) groups excluding carboxylic acids is 1. The van der Waals surface area contributed by atoms with Gasteiger partial charge in [-0.05, 0) is 38.2 Å². The fourth-order valence-corrected chi connectivity index (χ4v) is 2.93. The molecule has 8 heteroatoms. The zero-order chi connectivity index (χ0) is 16.4. The van der Waals surface area contributed by atoms with Crippen LogP contribution in [-0.2, 0) is 0 Å². The number of anilines is 1. The van der Waals surface area contributed by atoms with Crippen LogP contribution in [0.4, 0.5) is 5.69 Å². The van der Waals surface area contributed by atoms with Crippen LogP contribution in [0.5, 0.6) is 0 Å². The molecular formula is C15H18ClN5O2. The summed E-state index contributed by atoms with van der Waals surface area (Å²) in [5, 5.41) is 4.37. The number of primary amides is 1.